The van der Waals surface area contributed by atoms with E-state index in [1.165, 1.54) is 38.5 Å². The standard InChI is InChI=1S/C27H37N3O2/c1-17-26-10-6-19-20-4-5-22(23(31)15-30-13-8-18(14-28)29-30)25(20,3)9-7-21(19)27(17,26)12-11-24(2,32)16-26/h8,13,17,19-22,32H,4-7,9-12,15-16H2,1-3H3/t17-,19+,20?,21?,22-,24-,25+,26-,27+/m1/s1. The summed E-state index contributed by atoms with van der Waals surface area (Å²) in [6, 6.07) is 3.74. The molecule has 6 rings (SSSR count). The smallest absolute Gasteiger partial charge is 0.162 e. The van der Waals surface area contributed by atoms with Crippen molar-refractivity contribution in [1.29, 1.82) is 5.26 Å². The van der Waals surface area contributed by atoms with Crippen LogP contribution in [0.3, 0.4) is 0 Å². The number of Topliss-reactive ketones (excluding diaryl/α,β-unsaturated/α-hetero) is 1. The Morgan fingerprint density at radius 3 is 2.75 bits per heavy atom. The minimum atomic E-state index is -0.479. The number of carbonyl (C=O) groups excluding carboxylic acids is 1. The highest BCUT2D eigenvalue weighted by Gasteiger charge is 2.81. The van der Waals surface area contributed by atoms with Crippen LogP contribution in [0.4, 0.5) is 0 Å². The highest BCUT2D eigenvalue weighted by atomic mass is 16.3. The molecule has 5 aliphatic rings. The molecule has 0 spiro atoms. The van der Waals surface area contributed by atoms with E-state index in [9.17, 15) is 9.90 Å². The summed E-state index contributed by atoms with van der Waals surface area (Å²) in [5.74, 6) is 3.37. The lowest BCUT2D eigenvalue weighted by atomic mass is 9.48. The van der Waals surface area contributed by atoms with Crippen molar-refractivity contribution in [2.24, 2.45) is 45.8 Å². The van der Waals surface area contributed by atoms with Gasteiger partial charge >= 0.3 is 0 Å². The Bertz CT molecular complexity index is 1010. The predicted molar refractivity (Wildman–Crippen MR) is 120 cm³/mol. The van der Waals surface area contributed by atoms with Crippen molar-refractivity contribution in [2.45, 2.75) is 90.7 Å². The number of ketones is 1. The summed E-state index contributed by atoms with van der Waals surface area (Å²) < 4.78 is 1.65. The lowest BCUT2D eigenvalue weighted by Crippen LogP contribution is -2.51. The number of aliphatic hydroxyl groups is 1. The van der Waals surface area contributed by atoms with Crippen molar-refractivity contribution < 1.29 is 9.90 Å². The van der Waals surface area contributed by atoms with Gasteiger partial charge in [0.05, 0.1) is 12.1 Å². The highest BCUT2D eigenvalue weighted by molar-refractivity contribution is 5.82. The Hall–Kier alpha value is -1.67. The fourth-order valence-electron chi connectivity index (χ4n) is 10.4. The number of rotatable bonds is 3. The number of fused-ring (bicyclic) bond motifs is 3. The molecule has 2 unspecified atom stereocenters. The monoisotopic (exact) mass is 435 g/mol. The van der Waals surface area contributed by atoms with E-state index in [-0.39, 0.29) is 11.3 Å². The molecule has 1 aromatic rings. The molecule has 172 valence electrons. The van der Waals surface area contributed by atoms with Crippen molar-refractivity contribution in [3.05, 3.63) is 18.0 Å². The fourth-order valence-corrected chi connectivity index (χ4v) is 10.4. The number of nitrogens with zero attached hydrogens (tertiary/aromatic N) is 3. The molecule has 1 heterocycles. The van der Waals surface area contributed by atoms with Crippen molar-refractivity contribution in [3.8, 4) is 6.07 Å². The number of carbonyl (C=O) groups is 1. The Morgan fingerprint density at radius 1 is 1.19 bits per heavy atom. The van der Waals surface area contributed by atoms with E-state index in [2.05, 4.69) is 31.9 Å². The normalized spacial score (nSPS) is 51.0. The second kappa shape index (κ2) is 6.47. The van der Waals surface area contributed by atoms with Crippen LogP contribution < -0.4 is 0 Å². The number of nitriles is 1. The first-order valence-electron chi connectivity index (χ1n) is 12.9. The molecule has 0 radical (unpaired) electrons. The minimum absolute atomic E-state index is 0.110. The second-order valence-corrected chi connectivity index (χ2v) is 12.7. The van der Waals surface area contributed by atoms with Crippen molar-refractivity contribution >= 4 is 5.78 Å². The van der Waals surface area contributed by atoms with Crippen LogP contribution in [-0.4, -0.2) is 26.3 Å². The van der Waals surface area contributed by atoms with Crippen molar-refractivity contribution in [1.82, 2.24) is 9.78 Å². The molecule has 5 heteroatoms. The molecular weight excluding hydrogens is 398 g/mol. The van der Waals surface area contributed by atoms with Crippen LogP contribution in [0.25, 0.3) is 0 Å². The number of hydrogen-bond acceptors (Lipinski definition) is 4. The SMILES string of the molecule is C[C@@H]1[C@]23CC[C@H]4C5CC[C@H](C(=O)Cn6ccc(C#N)n6)[C@@]5(C)CCC4[C@]12CC[C@@](C)(O)C3. The van der Waals surface area contributed by atoms with Crippen LogP contribution in [0.1, 0.15) is 84.3 Å². The molecule has 9 atom stereocenters. The molecule has 0 saturated heterocycles. The van der Waals surface area contributed by atoms with E-state index < -0.39 is 5.60 Å². The molecule has 32 heavy (non-hydrogen) atoms. The Balaban J connectivity index is 1.23. The van der Waals surface area contributed by atoms with E-state index in [1.54, 1.807) is 16.9 Å². The first-order valence-corrected chi connectivity index (χ1v) is 12.9. The summed E-state index contributed by atoms with van der Waals surface area (Å²) in [4.78, 5) is 13.4. The Labute approximate surface area is 191 Å². The first-order chi connectivity index (χ1) is 15.2. The third kappa shape index (κ3) is 2.48. The molecule has 5 nitrogen and oxygen atoms in total. The highest BCUT2D eigenvalue weighted by Crippen LogP contribution is 2.86. The summed E-state index contributed by atoms with van der Waals surface area (Å²) in [6.07, 6.45) is 12.1. The quantitative estimate of drug-likeness (QED) is 0.744. The van der Waals surface area contributed by atoms with Crippen molar-refractivity contribution in [2.75, 3.05) is 0 Å². The zero-order valence-electron chi connectivity index (χ0n) is 19.8. The predicted octanol–water partition coefficient (Wildman–Crippen LogP) is 4.73. The molecule has 0 aromatic carbocycles. The van der Waals surface area contributed by atoms with E-state index in [1.807, 2.05) is 0 Å². The molecular formula is C27H37N3O2. The second-order valence-electron chi connectivity index (χ2n) is 12.7. The zero-order chi connectivity index (χ0) is 22.5. The zero-order valence-corrected chi connectivity index (χ0v) is 19.8. The van der Waals surface area contributed by atoms with Gasteiger partial charge < -0.3 is 5.11 Å². The topological polar surface area (TPSA) is 78.9 Å². The minimum Gasteiger partial charge on any atom is -0.390 e. The van der Waals surface area contributed by atoms with Crippen LogP contribution in [0.15, 0.2) is 12.3 Å². The molecule has 5 fully saturated rings. The Kier molecular flexibility index (Phi) is 4.22. The van der Waals surface area contributed by atoms with E-state index in [0.717, 1.165) is 37.0 Å². The van der Waals surface area contributed by atoms with Gasteiger partial charge in [-0.05, 0) is 111 Å². The van der Waals surface area contributed by atoms with E-state index in [4.69, 9.17) is 5.26 Å². The van der Waals surface area contributed by atoms with E-state index in [0.29, 0.717) is 34.8 Å². The summed E-state index contributed by atoms with van der Waals surface area (Å²) >= 11 is 0. The van der Waals surface area contributed by atoms with Crippen LogP contribution in [0.5, 0.6) is 0 Å². The van der Waals surface area contributed by atoms with Gasteiger partial charge in [-0.3, -0.25) is 9.48 Å². The van der Waals surface area contributed by atoms with Gasteiger partial charge in [-0.1, -0.05) is 13.8 Å². The number of aromatic nitrogens is 2. The largest absolute Gasteiger partial charge is 0.390 e. The molecule has 5 saturated carbocycles. The number of hydrogen-bond donors (Lipinski definition) is 1. The van der Waals surface area contributed by atoms with Gasteiger partial charge in [0.25, 0.3) is 0 Å². The van der Waals surface area contributed by atoms with Crippen LogP contribution >= 0.6 is 0 Å². The lowest BCUT2D eigenvalue weighted by molar-refractivity contribution is -0.133. The maximum atomic E-state index is 13.4. The Morgan fingerprint density at radius 2 is 2.00 bits per heavy atom. The molecule has 0 aliphatic heterocycles. The van der Waals surface area contributed by atoms with Gasteiger partial charge in [-0.15, -0.1) is 0 Å². The van der Waals surface area contributed by atoms with Gasteiger partial charge in [-0.25, -0.2) is 0 Å². The maximum absolute atomic E-state index is 13.4. The third-order valence-electron chi connectivity index (χ3n) is 11.7. The molecule has 5 aliphatic carbocycles. The molecule has 0 amide bonds. The van der Waals surface area contributed by atoms with Gasteiger partial charge in [0.2, 0.25) is 0 Å². The lowest BCUT2D eigenvalue weighted by Gasteiger charge is -2.56. The average molecular weight is 436 g/mol. The maximum Gasteiger partial charge on any atom is 0.162 e. The van der Waals surface area contributed by atoms with Crippen LogP contribution in [0.2, 0.25) is 0 Å². The van der Waals surface area contributed by atoms with Gasteiger partial charge in [0.15, 0.2) is 11.5 Å². The van der Waals surface area contributed by atoms with Crippen LogP contribution in [-0.2, 0) is 11.3 Å². The summed E-state index contributed by atoms with van der Waals surface area (Å²) in [6.45, 7) is 7.25. The molecule has 1 aromatic heterocycles. The van der Waals surface area contributed by atoms with Gasteiger partial charge in [-0.2, -0.15) is 10.4 Å². The first kappa shape index (κ1) is 20.9. The average Bonchev–Trinajstić information content (AvgIpc) is 3.09. The van der Waals surface area contributed by atoms with Crippen LogP contribution in [0, 0.1) is 57.2 Å². The van der Waals surface area contributed by atoms with Crippen molar-refractivity contribution in [3.63, 3.8) is 0 Å². The summed E-state index contributed by atoms with van der Waals surface area (Å²) in [5.41, 5.74) is 0.856. The summed E-state index contributed by atoms with van der Waals surface area (Å²) in [5, 5.41) is 24.1. The summed E-state index contributed by atoms with van der Waals surface area (Å²) in [7, 11) is 0. The van der Waals surface area contributed by atoms with Gasteiger partial charge in [0, 0.05) is 12.1 Å². The molecule has 1 N–H and O–H groups in total. The fraction of sp³-hybridized carbons (Fsp3) is 0.815. The van der Waals surface area contributed by atoms with Gasteiger partial charge in [0.1, 0.15) is 6.07 Å². The molecule has 0 bridgehead atoms. The van der Waals surface area contributed by atoms with E-state index >= 15 is 0 Å². The third-order valence-corrected chi connectivity index (χ3v) is 11.7.